The Labute approximate surface area is 138 Å². The Morgan fingerprint density at radius 3 is 2.82 bits per heavy atom. The first-order valence-corrected chi connectivity index (χ1v) is 8.32. The first-order chi connectivity index (χ1) is 10.6. The van der Waals surface area contributed by atoms with Crippen LogP contribution in [0.2, 0.25) is 0 Å². The third kappa shape index (κ3) is 2.09. The predicted molar refractivity (Wildman–Crippen MR) is 91.1 cm³/mol. The summed E-state index contributed by atoms with van der Waals surface area (Å²) in [4.78, 5) is 16.6. The van der Waals surface area contributed by atoms with Gasteiger partial charge in [-0.1, -0.05) is 40.2 Å². The van der Waals surface area contributed by atoms with Crippen LogP contribution in [0.25, 0.3) is 0 Å². The maximum atomic E-state index is 12.5. The van der Waals surface area contributed by atoms with Crippen molar-refractivity contribution in [1.82, 2.24) is 4.90 Å². The summed E-state index contributed by atoms with van der Waals surface area (Å²) in [6.07, 6.45) is 1.01. The maximum absolute atomic E-state index is 12.5. The number of halogens is 1. The molecular formula is C18H17BrN2O. The number of hydrogen-bond acceptors (Lipinski definition) is 2. The van der Waals surface area contributed by atoms with E-state index in [4.69, 9.17) is 0 Å². The van der Waals surface area contributed by atoms with Gasteiger partial charge < -0.3 is 4.90 Å². The summed E-state index contributed by atoms with van der Waals surface area (Å²) in [5, 5.41) is 0. The fourth-order valence-corrected chi connectivity index (χ4v) is 4.00. The quantitative estimate of drug-likeness (QED) is 0.722. The molecular weight excluding hydrogens is 340 g/mol. The van der Waals surface area contributed by atoms with Crippen molar-refractivity contribution >= 4 is 27.5 Å². The molecule has 0 aromatic heterocycles. The van der Waals surface area contributed by atoms with Gasteiger partial charge in [-0.25, -0.2) is 0 Å². The number of fused-ring (bicyclic) bond motifs is 5. The first-order valence-electron chi connectivity index (χ1n) is 7.53. The summed E-state index contributed by atoms with van der Waals surface area (Å²) in [6.45, 7) is 1.40. The highest BCUT2D eigenvalue weighted by Gasteiger charge is 2.35. The normalized spacial score (nSPS) is 20.9. The molecule has 112 valence electrons. The smallest absolute Gasteiger partial charge is 0.240 e. The van der Waals surface area contributed by atoms with Crippen molar-refractivity contribution in [3.8, 4) is 0 Å². The molecule has 4 heteroatoms. The van der Waals surface area contributed by atoms with Crippen molar-refractivity contribution in [1.29, 1.82) is 0 Å². The number of rotatable bonds is 0. The van der Waals surface area contributed by atoms with Gasteiger partial charge in [-0.15, -0.1) is 0 Å². The van der Waals surface area contributed by atoms with Crippen LogP contribution in [0.3, 0.4) is 0 Å². The van der Waals surface area contributed by atoms with Gasteiger partial charge in [-0.05, 0) is 41.3 Å². The third-order valence-corrected chi connectivity index (χ3v) is 5.23. The Balaban J connectivity index is 1.97. The number of likely N-dealkylation sites (N-methyl/N-ethyl adjacent to an activating group) is 1. The Morgan fingerprint density at radius 1 is 1.14 bits per heavy atom. The summed E-state index contributed by atoms with van der Waals surface area (Å²) in [6, 6.07) is 15.0. The van der Waals surface area contributed by atoms with Crippen LogP contribution in [0.5, 0.6) is 0 Å². The van der Waals surface area contributed by atoms with Gasteiger partial charge in [0.05, 0.1) is 12.6 Å². The fourth-order valence-electron chi connectivity index (χ4n) is 3.62. The molecule has 1 atom stereocenters. The molecule has 0 bridgehead atoms. The zero-order valence-electron chi connectivity index (χ0n) is 12.4. The standard InChI is InChI=1S/C18H17BrN2O/c1-20-16-7-6-13(19)10-15(16)18-14-5-3-2-4-12(14)8-9-21(18)11-17(20)22/h2-7,10,18H,8-9,11H2,1H3. The van der Waals surface area contributed by atoms with Gasteiger partial charge in [-0.2, -0.15) is 0 Å². The SMILES string of the molecule is CN1C(=O)CN2CCc3ccccc3C2c2cc(Br)ccc21. The first kappa shape index (κ1) is 14.0. The number of hydrogen-bond donors (Lipinski definition) is 0. The van der Waals surface area contributed by atoms with Crippen LogP contribution in [0.1, 0.15) is 22.7 Å². The summed E-state index contributed by atoms with van der Waals surface area (Å²) >= 11 is 3.59. The van der Waals surface area contributed by atoms with Crippen molar-refractivity contribution in [2.75, 3.05) is 25.0 Å². The molecule has 0 fully saturated rings. The van der Waals surface area contributed by atoms with Crippen LogP contribution in [0.4, 0.5) is 5.69 Å². The molecule has 3 nitrogen and oxygen atoms in total. The second-order valence-electron chi connectivity index (χ2n) is 5.98. The van der Waals surface area contributed by atoms with Crippen molar-refractivity contribution in [2.45, 2.75) is 12.5 Å². The minimum atomic E-state index is 0.158. The van der Waals surface area contributed by atoms with E-state index in [-0.39, 0.29) is 11.9 Å². The number of amides is 1. The largest absolute Gasteiger partial charge is 0.314 e. The van der Waals surface area contributed by atoms with Crippen LogP contribution in [-0.2, 0) is 11.2 Å². The maximum Gasteiger partial charge on any atom is 0.240 e. The highest BCUT2D eigenvalue weighted by atomic mass is 79.9. The topological polar surface area (TPSA) is 23.6 Å². The van der Waals surface area contributed by atoms with Gasteiger partial charge in [0.15, 0.2) is 0 Å². The van der Waals surface area contributed by atoms with Gasteiger partial charge in [0.25, 0.3) is 0 Å². The summed E-state index contributed by atoms with van der Waals surface area (Å²) < 4.78 is 1.05. The lowest BCUT2D eigenvalue weighted by atomic mass is 9.88. The molecule has 1 unspecified atom stereocenters. The minimum Gasteiger partial charge on any atom is -0.314 e. The molecule has 2 aromatic carbocycles. The third-order valence-electron chi connectivity index (χ3n) is 4.74. The zero-order valence-corrected chi connectivity index (χ0v) is 14.0. The Hall–Kier alpha value is -1.65. The molecule has 4 rings (SSSR count). The number of anilines is 1. The van der Waals surface area contributed by atoms with Gasteiger partial charge in [-0.3, -0.25) is 9.69 Å². The Bertz CT molecular complexity index is 759. The molecule has 0 saturated heterocycles. The lowest BCUT2D eigenvalue weighted by Crippen LogP contribution is -2.40. The van der Waals surface area contributed by atoms with Crippen molar-refractivity contribution in [3.05, 3.63) is 63.6 Å². The molecule has 0 spiro atoms. The summed E-state index contributed by atoms with van der Waals surface area (Å²) in [5.41, 5.74) is 4.94. The van der Waals surface area contributed by atoms with Gasteiger partial charge >= 0.3 is 0 Å². The van der Waals surface area contributed by atoms with Gasteiger partial charge in [0.2, 0.25) is 5.91 Å². The highest BCUT2D eigenvalue weighted by Crippen LogP contribution is 2.42. The van der Waals surface area contributed by atoms with E-state index in [1.165, 1.54) is 16.7 Å². The molecule has 2 heterocycles. The molecule has 2 aliphatic heterocycles. The molecule has 0 aliphatic carbocycles. The highest BCUT2D eigenvalue weighted by molar-refractivity contribution is 9.10. The van der Waals surface area contributed by atoms with Crippen molar-refractivity contribution < 1.29 is 4.79 Å². The van der Waals surface area contributed by atoms with Crippen LogP contribution in [-0.4, -0.2) is 30.9 Å². The van der Waals surface area contributed by atoms with E-state index in [2.05, 4.69) is 51.2 Å². The van der Waals surface area contributed by atoms with E-state index in [0.717, 1.165) is 23.1 Å². The van der Waals surface area contributed by atoms with Gasteiger partial charge in [0, 0.05) is 23.8 Å². The average Bonchev–Trinajstić information content (AvgIpc) is 2.63. The van der Waals surface area contributed by atoms with Gasteiger partial charge in [0.1, 0.15) is 0 Å². The lowest BCUT2D eigenvalue weighted by Gasteiger charge is -2.36. The van der Waals surface area contributed by atoms with E-state index in [0.29, 0.717) is 6.54 Å². The molecule has 0 radical (unpaired) electrons. The van der Waals surface area contributed by atoms with Crippen LogP contribution >= 0.6 is 15.9 Å². The van der Waals surface area contributed by atoms with Crippen LogP contribution < -0.4 is 4.90 Å². The average molecular weight is 357 g/mol. The van der Waals surface area contributed by atoms with E-state index < -0.39 is 0 Å². The molecule has 2 aromatic rings. The summed E-state index contributed by atoms with van der Waals surface area (Å²) in [5.74, 6) is 0.158. The second kappa shape index (κ2) is 5.21. The van der Waals surface area contributed by atoms with E-state index >= 15 is 0 Å². The zero-order chi connectivity index (χ0) is 15.3. The van der Waals surface area contributed by atoms with Crippen molar-refractivity contribution in [3.63, 3.8) is 0 Å². The Kier molecular flexibility index (Phi) is 3.31. The second-order valence-corrected chi connectivity index (χ2v) is 6.89. The monoisotopic (exact) mass is 356 g/mol. The molecule has 0 saturated carbocycles. The number of carbonyl (C=O) groups is 1. The van der Waals surface area contributed by atoms with E-state index in [9.17, 15) is 4.79 Å². The van der Waals surface area contributed by atoms with Crippen LogP contribution in [0.15, 0.2) is 46.9 Å². The van der Waals surface area contributed by atoms with E-state index in [1.54, 1.807) is 4.90 Å². The predicted octanol–water partition coefficient (Wildman–Crippen LogP) is 3.37. The molecule has 2 aliphatic rings. The number of carbonyl (C=O) groups excluding carboxylic acids is 1. The van der Waals surface area contributed by atoms with Crippen molar-refractivity contribution in [2.24, 2.45) is 0 Å². The molecule has 0 N–H and O–H groups in total. The Morgan fingerprint density at radius 2 is 1.95 bits per heavy atom. The number of nitrogens with zero attached hydrogens (tertiary/aromatic N) is 2. The fraction of sp³-hybridized carbons (Fsp3) is 0.278. The van der Waals surface area contributed by atoms with Crippen LogP contribution in [0, 0.1) is 0 Å². The summed E-state index contributed by atoms with van der Waals surface area (Å²) in [7, 11) is 1.87. The lowest BCUT2D eigenvalue weighted by molar-refractivity contribution is -0.119. The number of benzene rings is 2. The molecule has 22 heavy (non-hydrogen) atoms. The van der Waals surface area contributed by atoms with E-state index in [1.807, 2.05) is 19.2 Å². The minimum absolute atomic E-state index is 0.158. The molecule has 1 amide bonds.